The first-order valence-corrected chi connectivity index (χ1v) is 2.90. The SMILES string of the molecule is O=C(O)C(F)(F)C(F)C(F)(F)CO. The molecule has 2 N–H and O–H groups in total. The molecule has 0 fully saturated rings. The molecule has 0 aromatic heterocycles. The summed E-state index contributed by atoms with van der Waals surface area (Å²) in [5, 5.41) is 15.5. The number of aliphatic hydroxyl groups is 1. The van der Waals surface area contributed by atoms with Gasteiger partial charge in [-0.3, -0.25) is 0 Å². The van der Waals surface area contributed by atoms with Crippen molar-refractivity contribution >= 4 is 5.97 Å². The Hall–Kier alpha value is -0.920. The van der Waals surface area contributed by atoms with Crippen molar-refractivity contribution in [3.8, 4) is 0 Å². The van der Waals surface area contributed by atoms with Crippen LogP contribution in [0.4, 0.5) is 22.0 Å². The largest absolute Gasteiger partial charge is 0.477 e. The number of hydrogen-bond donors (Lipinski definition) is 2. The van der Waals surface area contributed by atoms with Crippen LogP contribution in [0.25, 0.3) is 0 Å². The predicted molar refractivity (Wildman–Crippen MR) is 29.5 cm³/mol. The Morgan fingerprint density at radius 1 is 1.31 bits per heavy atom. The Morgan fingerprint density at radius 3 is 1.92 bits per heavy atom. The number of aliphatic carboxylic acids is 1. The van der Waals surface area contributed by atoms with Crippen molar-refractivity contribution in [1.82, 2.24) is 0 Å². The zero-order valence-corrected chi connectivity index (χ0v) is 5.98. The Balaban J connectivity index is 4.78. The minimum absolute atomic E-state index is 2.18. The monoisotopic (exact) mass is 208 g/mol. The van der Waals surface area contributed by atoms with E-state index in [2.05, 4.69) is 0 Å². The van der Waals surface area contributed by atoms with Gasteiger partial charge in [0.15, 0.2) is 0 Å². The summed E-state index contributed by atoms with van der Waals surface area (Å²) >= 11 is 0. The first kappa shape index (κ1) is 12.1. The van der Waals surface area contributed by atoms with Crippen LogP contribution in [0, 0.1) is 0 Å². The molecule has 1 unspecified atom stereocenters. The second kappa shape index (κ2) is 3.44. The van der Waals surface area contributed by atoms with Crippen LogP contribution in [0.15, 0.2) is 0 Å². The van der Waals surface area contributed by atoms with E-state index >= 15 is 0 Å². The van der Waals surface area contributed by atoms with Crippen LogP contribution >= 0.6 is 0 Å². The van der Waals surface area contributed by atoms with Gasteiger partial charge in [0.2, 0.25) is 6.17 Å². The topological polar surface area (TPSA) is 57.5 Å². The van der Waals surface area contributed by atoms with E-state index in [0.717, 1.165) is 0 Å². The predicted octanol–water partition coefficient (Wildman–Crippen LogP) is 0.672. The number of aliphatic hydroxyl groups excluding tert-OH is 1. The van der Waals surface area contributed by atoms with Gasteiger partial charge < -0.3 is 10.2 Å². The average Bonchev–Trinajstić information content (AvgIpc) is 2.02. The number of carboxylic acid groups (broad SMARTS) is 1. The van der Waals surface area contributed by atoms with Crippen molar-refractivity contribution in [1.29, 1.82) is 0 Å². The summed E-state index contributed by atoms with van der Waals surface area (Å²) in [5.74, 6) is -13.0. The molecule has 0 aliphatic heterocycles. The van der Waals surface area contributed by atoms with Crippen LogP contribution in [0.5, 0.6) is 0 Å². The maximum Gasteiger partial charge on any atom is 0.379 e. The lowest BCUT2D eigenvalue weighted by molar-refractivity contribution is -0.212. The fraction of sp³-hybridized carbons (Fsp3) is 0.800. The van der Waals surface area contributed by atoms with Gasteiger partial charge in [-0.05, 0) is 0 Å². The second-order valence-electron chi connectivity index (χ2n) is 2.21. The van der Waals surface area contributed by atoms with Gasteiger partial charge in [-0.25, -0.2) is 18.0 Å². The highest BCUT2D eigenvalue weighted by Crippen LogP contribution is 2.33. The molecule has 0 spiro atoms. The van der Waals surface area contributed by atoms with E-state index in [1.807, 2.05) is 0 Å². The van der Waals surface area contributed by atoms with Gasteiger partial charge in [0.05, 0.1) is 0 Å². The Kier molecular flexibility index (Phi) is 3.20. The molecule has 0 saturated carbocycles. The summed E-state index contributed by atoms with van der Waals surface area (Å²) in [6, 6.07) is 0. The highest BCUT2D eigenvalue weighted by atomic mass is 19.3. The molecule has 0 aliphatic rings. The first-order valence-electron chi connectivity index (χ1n) is 2.90. The van der Waals surface area contributed by atoms with Crippen LogP contribution in [0.3, 0.4) is 0 Å². The molecular formula is C5H5F5O3. The Bertz CT molecular complexity index is 204. The third-order valence-electron chi connectivity index (χ3n) is 1.19. The summed E-state index contributed by atoms with van der Waals surface area (Å²) in [7, 11) is 0. The molecule has 0 aromatic rings. The quantitative estimate of drug-likeness (QED) is 0.667. The van der Waals surface area contributed by atoms with E-state index in [1.54, 1.807) is 0 Å². The van der Waals surface area contributed by atoms with Crippen LogP contribution in [0.2, 0.25) is 0 Å². The van der Waals surface area contributed by atoms with E-state index in [1.165, 1.54) is 0 Å². The number of hydrogen-bond acceptors (Lipinski definition) is 2. The Morgan fingerprint density at radius 2 is 1.69 bits per heavy atom. The molecule has 0 saturated heterocycles. The first-order chi connectivity index (χ1) is 5.66. The highest BCUT2D eigenvalue weighted by Gasteiger charge is 2.60. The molecule has 8 heteroatoms. The molecular weight excluding hydrogens is 203 g/mol. The van der Waals surface area contributed by atoms with Crippen molar-refractivity contribution in [2.45, 2.75) is 18.0 Å². The maximum absolute atomic E-state index is 12.2. The van der Waals surface area contributed by atoms with Crippen LogP contribution in [-0.2, 0) is 4.79 Å². The molecule has 0 amide bonds. The molecule has 3 nitrogen and oxygen atoms in total. The van der Waals surface area contributed by atoms with Gasteiger partial charge in [0.25, 0.3) is 0 Å². The minimum Gasteiger partial charge on any atom is -0.477 e. The molecule has 78 valence electrons. The van der Waals surface area contributed by atoms with E-state index in [9.17, 15) is 26.7 Å². The number of halogens is 5. The fourth-order valence-corrected chi connectivity index (χ4v) is 0.454. The van der Waals surface area contributed by atoms with Crippen molar-refractivity contribution in [2.75, 3.05) is 6.61 Å². The van der Waals surface area contributed by atoms with Gasteiger partial charge in [-0.2, -0.15) is 8.78 Å². The van der Waals surface area contributed by atoms with Crippen molar-refractivity contribution in [3.63, 3.8) is 0 Å². The Labute approximate surface area is 68.8 Å². The number of carbonyl (C=O) groups is 1. The summed E-state index contributed by atoms with van der Waals surface area (Å²) in [6.45, 7) is -2.18. The molecule has 0 aromatic carbocycles. The molecule has 0 rings (SSSR count). The fourth-order valence-electron chi connectivity index (χ4n) is 0.454. The van der Waals surface area contributed by atoms with Crippen LogP contribution in [0.1, 0.15) is 0 Å². The number of alkyl halides is 5. The van der Waals surface area contributed by atoms with Crippen LogP contribution in [-0.4, -0.2) is 40.8 Å². The van der Waals surface area contributed by atoms with Gasteiger partial charge in [-0.15, -0.1) is 0 Å². The van der Waals surface area contributed by atoms with Crippen molar-refractivity contribution < 1.29 is 37.0 Å². The van der Waals surface area contributed by atoms with Crippen molar-refractivity contribution in [2.24, 2.45) is 0 Å². The van der Waals surface area contributed by atoms with Crippen LogP contribution < -0.4 is 0 Å². The second-order valence-corrected chi connectivity index (χ2v) is 2.21. The summed E-state index contributed by atoms with van der Waals surface area (Å²) in [6.07, 6.45) is -4.25. The molecule has 0 bridgehead atoms. The lowest BCUT2D eigenvalue weighted by Gasteiger charge is -2.22. The highest BCUT2D eigenvalue weighted by molar-refractivity contribution is 5.76. The zero-order chi connectivity index (χ0) is 10.9. The van der Waals surface area contributed by atoms with E-state index < -0.39 is 30.6 Å². The molecule has 0 aliphatic carbocycles. The van der Waals surface area contributed by atoms with Crippen molar-refractivity contribution in [3.05, 3.63) is 0 Å². The van der Waals surface area contributed by atoms with Gasteiger partial charge >= 0.3 is 17.8 Å². The number of rotatable bonds is 4. The molecule has 0 heterocycles. The third kappa shape index (κ3) is 2.27. The van der Waals surface area contributed by atoms with E-state index in [-0.39, 0.29) is 0 Å². The smallest absolute Gasteiger partial charge is 0.379 e. The van der Waals surface area contributed by atoms with E-state index in [0.29, 0.717) is 0 Å². The number of carboxylic acids is 1. The average molecular weight is 208 g/mol. The maximum atomic E-state index is 12.2. The van der Waals surface area contributed by atoms with Gasteiger partial charge in [0, 0.05) is 0 Å². The standard InChI is InChI=1S/C5H5F5O3/c6-2(4(7,8)1-11)5(9,10)3(12)13/h2,11H,1H2,(H,12,13). The minimum atomic E-state index is -5.22. The lowest BCUT2D eigenvalue weighted by atomic mass is 10.1. The molecule has 13 heavy (non-hydrogen) atoms. The summed E-state index contributed by atoms with van der Waals surface area (Å²) in [5.41, 5.74) is 0. The molecule has 1 atom stereocenters. The summed E-state index contributed by atoms with van der Waals surface area (Å²) < 4.78 is 60.4. The molecule has 0 radical (unpaired) electrons. The third-order valence-corrected chi connectivity index (χ3v) is 1.19. The van der Waals surface area contributed by atoms with E-state index in [4.69, 9.17) is 10.2 Å². The van der Waals surface area contributed by atoms with Gasteiger partial charge in [-0.1, -0.05) is 0 Å². The lowest BCUT2D eigenvalue weighted by Crippen LogP contribution is -2.50. The zero-order valence-electron chi connectivity index (χ0n) is 5.98. The summed E-state index contributed by atoms with van der Waals surface area (Å²) in [4.78, 5) is 9.62. The van der Waals surface area contributed by atoms with Gasteiger partial charge in [0.1, 0.15) is 6.61 Å². The normalized spacial score (nSPS) is 15.5.